The van der Waals surface area contributed by atoms with Crippen molar-refractivity contribution in [2.45, 2.75) is 39.5 Å². The summed E-state index contributed by atoms with van der Waals surface area (Å²) in [7, 11) is 0. The molecule has 0 saturated heterocycles. The Balaban J connectivity index is 2.39. The predicted octanol–water partition coefficient (Wildman–Crippen LogP) is 4.58. The summed E-state index contributed by atoms with van der Waals surface area (Å²) >= 11 is 0. The second-order valence-corrected chi connectivity index (χ2v) is 5.81. The van der Waals surface area contributed by atoms with Gasteiger partial charge in [-0.2, -0.15) is 0 Å². The van der Waals surface area contributed by atoms with E-state index in [2.05, 4.69) is 44.1 Å². The van der Waals surface area contributed by atoms with Gasteiger partial charge < -0.3 is 5.32 Å². The Labute approximate surface area is 126 Å². The molecule has 1 N–H and O–H groups in total. The molecule has 0 bridgehead atoms. The zero-order valence-corrected chi connectivity index (χ0v) is 13.1. The highest BCUT2D eigenvalue weighted by molar-refractivity contribution is 6.05. The van der Waals surface area contributed by atoms with E-state index >= 15 is 0 Å². The van der Waals surface area contributed by atoms with Crippen molar-refractivity contribution in [2.75, 3.05) is 5.32 Å². The maximum absolute atomic E-state index is 12.6. The molecule has 0 saturated carbocycles. The second kappa shape index (κ2) is 6.53. The second-order valence-electron chi connectivity index (χ2n) is 5.81. The quantitative estimate of drug-likeness (QED) is 0.891. The minimum Gasteiger partial charge on any atom is -0.322 e. The molecule has 21 heavy (non-hydrogen) atoms. The number of amides is 1. The molecule has 0 aliphatic heterocycles. The Hall–Kier alpha value is -2.16. The standard InChI is InChI=1S/C18H22N2O/c1-12(2)15-6-5-7-16(17(15)13(3)4)18(21)20-14-8-10-19-11-9-14/h5-13H,1-4H3,(H,19,20,21). The van der Waals surface area contributed by atoms with Gasteiger partial charge in [0.2, 0.25) is 0 Å². The molecular formula is C18H22N2O. The van der Waals surface area contributed by atoms with E-state index in [4.69, 9.17) is 0 Å². The Bertz CT molecular complexity index is 618. The van der Waals surface area contributed by atoms with Crippen LogP contribution in [0.1, 0.15) is 61.0 Å². The first kappa shape index (κ1) is 15.2. The number of nitrogens with one attached hydrogen (secondary N) is 1. The van der Waals surface area contributed by atoms with E-state index in [1.165, 1.54) is 5.56 Å². The molecule has 1 aromatic carbocycles. The number of nitrogens with zero attached hydrogens (tertiary/aromatic N) is 1. The highest BCUT2D eigenvalue weighted by atomic mass is 16.1. The molecule has 0 radical (unpaired) electrons. The minimum atomic E-state index is -0.0626. The third kappa shape index (κ3) is 3.48. The van der Waals surface area contributed by atoms with E-state index in [0.29, 0.717) is 11.8 Å². The van der Waals surface area contributed by atoms with Crippen molar-refractivity contribution in [1.29, 1.82) is 0 Å². The van der Waals surface area contributed by atoms with Crippen LogP contribution in [-0.2, 0) is 0 Å². The van der Waals surface area contributed by atoms with E-state index in [1.54, 1.807) is 24.5 Å². The van der Waals surface area contributed by atoms with Gasteiger partial charge in [-0.15, -0.1) is 0 Å². The fourth-order valence-electron chi connectivity index (χ4n) is 2.56. The molecule has 110 valence electrons. The van der Waals surface area contributed by atoms with Crippen LogP contribution in [0.3, 0.4) is 0 Å². The zero-order valence-electron chi connectivity index (χ0n) is 13.1. The number of carbonyl (C=O) groups excluding carboxylic acids is 1. The van der Waals surface area contributed by atoms with Gasteiger partial charge in [0, 0.05) is 23.6 Å². The first-order chi connectivity index (χ1) is 10.0. The Morgan fingerprint density at radius 3 is 2.24 bits per heavy atom. The van der Waals surface area contributed by atoms with Crippen molar-refractivity contribution in [2.24, 2.45) is 0 Å². The molecule has 0 fully saturated rings. The van der Waals surface area contributed by atoms with Crippen LogP contribution in [0.15, 0.2) is 42.7 Å². The van der Waals surface area contributed by atoms with Crippen LogP contribution >= 0.6 is 0 Å². The third-order valence-electron chi connectivity index (χ3n) is 3.52. The summed E-state index contributed by atoms with van der Waals surface area (Å²) in [5, 5.41) is 2.94. The largest absolute Gasteiger partial charge is 0.322 e. The first-order valence-corrected chi connectivity index (χ1v) is 7.35. The summed E-state index contributed by atoms with van der Waals surface area (Å²) < 4.78 is 0. The van der Waals surface area contributed by atoms with Gasteiger partial charge in [-0.25, -0.2) is 0 Å². The minimum absolute atomic E-state index is 0.0626. The Morgan fingerprint density at radius 2 is 1.67 bits per heavy atom. The molecule has 0 atom stereocenters. The Morgan fingerprint density at radius 1 is 1.00 bits per heavy atom. The van der Waals surface area contributed by atoms with Crippen LogP contribution in [0.25, 0.3) is 0 Å². The van der Waals surface area contributed by atoms with E-state index < -0.39 is 0 Å². The van der Waals surface area contributed by atoms with Crippen molar-refractivity contribution in [1.82, 2.24) is 4.98 Å². The van der Waals surface area contributed by atoms with Crippen LogP contribution in [0, 0.1) is 0 Å². The zero-order chi connectivity index (χ0) is 15.4. The van der Waals surface area contributed by atoms with Gasteiger partial charge in [0.25, 0.3) is 5.91 Å². The summed E-state index contributed by atoms with van der Waals surface area (Å²) in [4.78, 5) is 16.5. The Kier molecular flexibility index (Phi) is 4.73. The predicted molar refractivity (Wildman–Crippen MR) is 86.8 cm³/mol. The lowest BCUT2D eigenvalue weighted by molar-refractivity contribution is 0.102. The molecule has 2 rings (SSSR count). The van der Waals surface area contributed by atoms with Crippen LogP contribution in [0.2, 0.25) is 0 Å². The van der Waals surface area contributed by atoms with Crippen molar-refractivity contribution in [3.63, 3.8) is 0 Å². The average molecular weight is 282 g/mol. The van der Waals surface area contributed by atoms with Gasteiger partial charge >= 0.3 is 0 Å². The van der Waals surface area contributed by atoms with E-state index in [9.17, 15) is 4.79 Å². The lowest BCUT2D eigenvalue weighted by atomic mass is 9.86. The highest BCUT2D eigenvalue weighted by Crippen LogP contribution is 2.29. The lowest BCUT2D eigenvalue weighted by Gasteiger charge is -2.19. The maximum Gasteiger partial charge on any atom is 0.255 e. The number of benzene rings is 1. The van der Waals surface area contributed by atoms with E-state index in [0.717, 1.165) is 16.8 Å². The van der Waals surface area contributed by atoms with Gasteiger partial charge in [0.05, 0.1) is 0 Å². The van der Waals surface area contributed by atoms with Crippen molar-refractivity contribution >= 4 is 11.6 Å². The molecule has 0 aliphatic rings. The number of anilines is 1. The lowest BCUT2D eigenvalue weighted by Crippen LogP contribution is -2.16. The summed E-state index contributed by atoms with van der Waals surface area (Å²) in [5.74, 6) is 0.644. The van der Waals surface area contributed by atoms with Crippen LogP contribution < -0.4 is 5.32 Å². The summed E-state index contributed by atoms with van der Waals surface area (Å²) in [5.41, 5.74) is 3.90. The number of aromatic nitrogens is 1. The molecule has 1 heterocycles. The molecule has 1 amide bonds. The monoisotopic (exact) mass is 282 g/mol. The van der Waals surface area contributed by atoms with Gasteiger partial charge in [-0.1, -0.05) is 39.8 Å². The van der Waals surface area contributed by atoms with Gasteiger partial charge in [0.15, 0.2) is 0 Å². The van der Waals surface area contributed by atoms with Crippen molar-refractivity contribution in [3.8, 4) is 0 Å². The fourth-order valence-corrected chi connectivity index (χ4v) is 2.56. The number of rotatable bonds is 4. The normalized spacial score (nSPS) is 11.0. The number of hydrogen-bond donors (Lipinski definition) is 1. The van der Waals surface area contributed by atoms with Gasteiger partial charge in [0.1, 0.15) is 0 Å². The number of hydrogen-bond acceptors (Lipinski definition) is 2. The molecule has 0 spiro atoms. The first-order valence-electron chi connectivity index (χ1n) is 7.35. The molecule has 2 aromatic rings. The molecular weight excluding hydrogens is 260 g/mol. The topological polar surface area (TPSA) is 42.0 Å². The molecule has 3 nitrogen and oxygen atoms in total. The fraction of sp³-hybridized carbons (Fsp3) is 0.333. The molecule has 1 aromatic heterocycles. The maximum atomic E-state index is 12.6. The number of carbonyl (C=O) groups is 1. The van der Waals surface area contributed by atoms with Gasteiger partial charge in [-0.3, -0.25) is 9.78 Å². The van der Waals surface area contributed by atoms with Crippen molar-refractivity contribution < 1.29 is 4.79 Å². The van der Waals surface area contributed by atoms with Crippen LogP contribution in [-0.4, -0.2) is 10.9 Å². The molecule has 0 unspecified atom stereocenters. The van der Waals surface area contributed by atoms with E-state index in [-0.39, 0.29) is 5.91 Å². The van der Waals surface area contributed by atoms with Crippen molar-refractivity contribution in [3.05, 3.63) is 59.4 Å². The highest BCUT2D eigenvalue weighted by Gasteiger charge is 2.18. The average Bonchev–Trinajstić information content (AvgIpc) is 2.47. The van der Waals surface area contributed by atoms with E-state index in [1.807, 2.05) is 12.1 Å². The summed E-state index contributed by atoms with van der Waals surface area (Å²) in [6.45, 7) is 8.58. The van der Waals surface area contributed by atoms with Crippen LogP contribution in [0.4, 0.5) is 5.69 Å². The molecule has 0 aliphatic carbocycles. The summed E-state index contributed by atoms with van der Waals surface area (Å²) in [6, 6.07) is 9.56. The SMILES string of the molecule is CC(C)c1cccc(C(=O)Nc2ccncc2)c1C(C)C. The van der Waals surface area contributed by atoms with Crippen LogP contribution in [0.5, 0.6) is 0 Å². The summed E-state index contributed by atoms with van der Waals surface area (Å²) in [6.07, 6.45) is 3.34. The smallest absolute Gasteiger partial charge is 0.255 e. The third-order valence-corrected chi connectivity index (χ3v) is 3.52. The van der Waals surface area contributed by atoms with Gasteiger partial charge in [-0.05, 0) is 41.2 Å². The number of pyridine rings is 1. The molecule has 3 heteroatoms.